The van der Waals surface area contributed by atoms with Gasteiger partial charge in [0.05, 0.1) is 9.82 Å². The lowest BCUT2D eigenvalue weighted by molar-refractivity contribution is -0.384. The van der Waals surface area contributed by atoms with Gasteiger partial charge in [-0.05, 0) is 17.7 Å². The quantitative estimate of drug-likeness (QED) is 0.264. The van der Waals surface area contributed by atoms with E-state index in [1.807, 2.05) is 0 Å². The van der Waals surface area contributed by atoms with Gasteiger partial charge in [0, 0.05) is 17.2 Å². The molecule has 0 aliphatic heterocycles. The Balaban J connectivity index is 3.51. The minimum Gasteiger partial charge on any atom is -0.258 e. The lowest BCUT2D eigenvalue weighted by atomic mass is 10.3. The average Bonchev–Trinajstić information content (AvgIpc) is 2.16. The highest BCUT2D eigenvalue weighted by Crippen LogP contribution is 2.29. The molecule has 0 fully saturated rings. The van der Waals surface area contributed by atoms with E-state index in [1.165, 1.54) is 0 Å². The molecule has 0 N–H and O–H groups in total. The Bertz CT molecular complexity index is 588. The van der Waals surface area contributed by atoms with Crippen LogP contribution >= 0.6 is 0 Å². The van der Waals surface area contributed by atoms with Gasteiger partial charge in [-0.1, -0.05) is 5.11 Å². The molecule has 0 heterocycles. The van der Waals surface area contributed by atoms with Crippen LogP contribution in [0.4, 0.5) is 11.4 Å². The molecular formula is C7H6N4O4S. The lowest BCUT2D eigenvalue weighted by Gasteiger charge is -2.00. The fraction of sp³-hybridized carbons (Fsp3) is 0.143. The summed E-state index contributed by atoms with van der Waals surface area (Å²) in [5.41, 5.74) is 7.41. The van der Waals surface area contributed by atoms with E-state index in [1.54, 1.807) is 0 Å². The fourth-order valence-electron chi connectivity index (χ4n) is 1.01. The Morgan fingerprint density at radius 2 is 2.12 bits per heavy atom. The zero-order chi connectivity index (χ0) is 12.3. The summed E-state index contributed by atoms with van der Waals surface area (Å²) >= 11 is 0. The highest BCUT2D eigenvalue weighted by molar-refractivity contribution is 7.90. The minimum atomic E-state index is -3.53. The second-order valence-electron chi connectivity index (χ2n) is 2.87. The maximum absolute atomic E-state index is 11.2. The molecule has 1 rings (SSSR count). The number of sulfone groups is 1. The van der Waals surface area contributed by atoms with Gasteiger partial charge in [-0.2, -0.15) is 0 Å². The van der Waals surface area contributed by atoms with Crippen molar-refractivity contribution in [2.45, 2.75) is 4.90 Å². The first kappa shape index (κ1) is 12.0. The Hall–Kier alpha value is -2.12. The summed E-state index contributed by atoms with van der Waals surface area (Å²) < 4.78 is 22.3. The number of hydrogen-bond acceptors (Lipinski definition) is 5. The first-order chi connectivity index (χ1) is 7.36. The van der Waals surface area contributed by atoms with Crippen LogP contribution in [-0.4, -0.2) is 19.6 Å². The summed E-state index contributed by atoms with van der Waals surface area (Å²) in [6.45, 7) is 0. The zero-order valence-electron chi connectivity index (χ0n) is 8.06. The first-order valence-electron chi connectivity index (χ1n) is 3.90. The third-order valence-electron chi connectivity index (χ3n) is 1.72. The summed E-state index contributed by atoms with van der Waals surface area (Å²) in [4.78, 5) is 12.0. The molecule has 1 aromatic carbocycles. The number of nitro benzene ring substituents is 1. The van der Waals surface area contributed by atoms with Crippen LogP contribution in [-0.2, 0) is 9.84 Å². The zero-order valence-corrected chi connectivity index (χ0v) is 8.88. The molecule has 0 aliphatic carbocycles. The normalized spacial score (nSPS) is 10.6. The summed E-state index contributed by atoms with van der Waals surface area (Å²) in [6.07, 6.45) is 0.930. The second kappa shape index (κ2) is 4.17. The smallest absolute Gasteiger partial charge is 0.258 e. The first-order valence-corrected chi connectivity index (χ1v) is 5.79. The van der Waals surface area contributed by atoms with Crippen molar-refractivity contribution < 1.29 is 13.3 Å². The van der Waals surface area contributed by atoms with E-state index in [9.17, 15) is 18.5 Å². The van der Waals surface area contributed by atoms with Gasteiger partial charge >= 0.3 is 0 Å². The van der Waals surface area contributed by atoms with Crippen molar-refractivity contribution in [3.8, 4) is 0 Å². The maximum Gasteiger partial charge on any atom is 0.280 e. The highest BCUT2D eigenvalue weighted by atomic mass is 32.2. The molecule has 16 heavy (non-hydrogen) atoms. The Morgan fingerprint density at radius 3 is 2.56 bits per heavy atom. The van der Waals surface area contributed by atoms with E-state index >= 15 is 0 Å². The summed E-state index contributed by atoms with van der Waals surface area (Å²) in [5, 5.41) is 13.7. The van der Waals surface area contributed by atoms with Crippen LogP contribution in [0, 0.1) is 10.1 Å². The van der Waals surface area contributed by atoms with E-state index in [-0.39, 0.29) is 10.6 Å². The van der Waals surface area contributed by atoms with Crippen LogP contribution < -0.4 is 0 Å². The number of nitro groups is 1. The van der Waals surface area contributed by atoms with Crippen molar-refractivity contribution in [3.63, 3.8) is 0 Å². The van der Waals surface area contributed by atoms with Crippen LogP contribution in [0.5, 0.6) is 0 Å². The summed E-state index contributed by atoms with van der Waals surface area (Å²) in [7, 11) is -3.53. The van der Waals surface area contributed by atoms with Crippen LogP contribution in [0.15, 0.2) is 28.2 Å². The van der Waals surface area contributed by atoms with Crippen molar-refractivity contribution in [3.05, 3.63) is 38.8 Å². The van der Waals surface area contributed by atoms with Crippen molar-refractivity contribution in [1.82, 2.24) is 0 Å². The average molecular weight is 242 g/mol. The molecule has 0 bridgehead atoms. The van der Waals surface area contributed by atoms with E-state index in [4.69, 9.17) is 5.53 Å². The molecule has 1 aromatic rings. The SMILES string of the molecule is CS(=O)(=O)c1ccc(N=[N+]=[N-])c([N+](=O)[O-])c1. The van der Waals surface area contributed by atoms with E-state index in [0.717, 1.165) is 24.5 Å². The molecule has 0 amide bonds. The molecule has 0 atom stereocenters. The molecule has 0 aliphatic rings. The van der Waals surface area contributed by atoms with Crippen molar-refractivity contribution in [2.75, 3.05) is 6.26 Å². The molecule has 0 spiro atoms. The lowest BCUT2D eigenvalue weighted by Crippen LogP contribution is -1.98. The number of benzene rings is 1. The fourth-order valence-corrected chi connectivity index (χ4v) is 1.65. The molecule has 0 unspecified atom stereocenters. The van der Waals surface area contributed by atoms with Crippen molar-refractivity contribution in [2.24, 2.45) is 5.11 Å². The summed E-state index contributed by atoms with van der Waals surface area (Å²) in [5.74, 6) is 0. The van der Waals surface area contributed by atoms with Gasteiger partial charge in [0.2, 0.25) is 0 Å². The topological polar surface area (TPSA) is 126 Å². The second-order valence-corrected chi connectivity index (χ2v) is 4.88. The molecule has 8 nitrogen and oxygen atoms in total. The van der Waals surface area contributed by atoms with E-state index in [0.29, 0.717) is 0 Å². The van der Waals surface area contributed by atoms with Gasteiger partial charge in [0.25, 0.3) is 5.69 Å². The maximum atomic E-state index is 11.2. The summed E-state index contributed by atoms with van der Waals surface area (Å²) in [6, 6.07) is 3.10. The Kier molecular flexibility index (Phi) is 3.11. The number of nitrogens with zero attached hydrogens (tertiary/aromatic N) is 4. The molecular weight excluding hydrogens is 236 g/mol. The largest absolute Gasteiger partial charge is 0.280 e. The molecule has 84 valence electrons. The molecule has 0 saturated heterocycles. The van der Waals surface area contributed by atoms with Gasteiger partial charge in [0.1, 0.15) is 5.69 Å². The van der Waals surface area contributed by atoms with Gasteiger partial charge in [0.15, 0.2) is 9.84 Å². The third kappa shape index (κ3) is 2.47. The predicted molar refractivity (Wildman–Crippen MR) is 55.0 cm³/mol. The molecule has 0 aromatic heterocycles. The van der Waals surface area contributed by atoms with Crippen LogP contribution in [0.2, 0.25) is 0 Å². The predicted octanol–water partition coefficient (Wildman–Crippen LogP) is 1.94. The Morgan fingerprint density at radius 1 is 1.50 bits per heavy atom. The van der Waals surface area contributed by atoms with Gasteiger partial charge in [-0.25, -0.2) is 8.42 Å². The van der Waals surface area contributed by atoms with Gasteiger partial charge in [-0.15, -0.1) is 0 Å². The number of rotatable bonds is 3. The van der Waals surface area contributed by atoms with E-state index < -0.39 is 20.4 Å². The van der Waals surface area contributed by atoms with E-state index in [2.05, 4.69) is 10.0 Å². The standard InChI is InChI=1S/C7H6N4O4S/c1-16(14,15)5-2-3-6(9-10-8)7(4-5)11(12)13/h2-4H,1H3. The number of hydrogen-bond donors (Lipinski definition) is 0. The number of azide groups is 1. The molecule has 0 radical (unpaired) electrons. The minimum absolute atomic E-state index is 0.198. The molecule has 9 heteroatoms. The Labute approximate surface area is 90.2 Å². The monoisotopic (exact) mass is 242 g/mol. The van der Waals surface area contributed by atoms with Crippen molar-refractivity contribution >= 4 is 21.2 Å². The van der Waals surface area contributed by atoms with Crippen LogP contribution in [0.3, 0.4) is 0 Å². The third-order valence-corrected chi connectivity index (χ3v) is 2.83. The highest BCUT2D eigenvalue weighted by Gasteiger charge is 2.17. The van der Waals surface area contributed by atoms with Crippen molar-refractivity contribution in [1.29, 1.82) is 0 Å². The van der Waals surface area contributed by atoms with Gasteiger partial charge < -0.3 is 0 Å². The van der Waals surface area contributed by atoms with Crippen LogP contribution in [0.25, 0.3) is 10.4 Å². The van der Waals surface area contributed by atoms with Crippen LogP contribution in [0.1, 0.15) is 0 Å². The van der Waals surface area contributed by atoms with Gasteiger partial charge in [-0.3, -0.25) is 10.1 Å². The molecule has 0 saturated carbocycles.